The van der Waals surface area contributed by atoms with Gasteiger partial charge in [-0.15, -0.1) is 0 Å². The van der Waals surface area contributed by atoms with Crippen LogP contribution < -0.4 is 0 Å². The summed E-state index contributed by atoms with van der Waals surface area (Å²) in [5.41, 5.74) is 0. The summed E-state index contributed by atoms with van der Waals surface area (Å²) in [5, 5.41) is 0. The van der Waals surface area contributed by atoms with Crippen LogP contribution in [-0.4, -0.2) is 47.0 Å². The first-order valence-electron chi connectivity index (χ1n) is 10.0. The normalized spacial score (nSPS) is 13.3. The van der Waals surface area contributed by atoms with Crippen molar-refractivity contribution in [3.8, 4) is 0 Å². The van der Waals surface area contributed by atoms with Crippen LogP contribution in [0.25, 0.3) is 0 Å². The van der Waals surface area contributed by atoms with Crippen LogP contribution in [0.5, 0.6) is 0 Å². The van der Waals surface area contributed by atoms with Crippen molar-refractivity contribution in [1.82, 2.24) is 0 Å². The average molecular weight is 364 g/mol. The molecule has 5 heteroatoms. The molecular formula is C19H41NO3S. The van der Waals surface area contributed by atoms with Crippen LogP contribution >= 0.6 is 0 Å². The zero-order valence-electron chi connectivity index (χ0n) is 16.4. The van der Waals surface area contributed by atoms with Gasteiger partial charge < -0.3 is 13.2 Å². The minimum absolute atomic E-state index is 0.302. The first-order chi connectivity index (χ1) is 11.5. The Labute approximate surface area is 153 Å². The monoisotopic (exact) mass is 363 g/mol. The summed E-state index contributed by atoms with van der Waals surface area (Å²) < 4.78 is 26.1. The molecule has 0 rings (SSSR count). The van der Waals surface area contributed by atoms with Gasteiger partial charge in [0.25, 0.3) is 0 Å². The third-order valence-corrected chi connectivity index (χ3v) is 5.06. The lowest BCUT2D eigenvalue weighted by Crippen LogP contribution is -2.41. The van der Waals surface area contributed by atoms with Gasteiger partial charge in [-0.1, -0.05) is 71.1 Å². The van der Waals surface area contributed by atoms with E-state index in [2.05, 4.69) is 25.2 Å². The zero-order chi connectivity index (χ0) is 18.1. The highest BCUT2D eigenvalue weighted by atomic mass is 32.2. The topological polar surface area (TPSA) is 49.4 Å². The van der Waals surface area contributed by atoms with Gasteiger partial charge in [0.1, 0.15) is 0 Å². The number of hydrogen-bond donors (Lipinski definition) is 0. The summed E-state index contributed by atoms with van der Waals surface area (Å²) in [6.45, 7) is 4.70. The Bertz CT molecular complexity index is 298. The third kappa shape index (κ3) is 18.4. The predicted octanol–water partition coefficient (Wildman–Crippen LogP) is 4.96. The molecule has 0 spiro atoms. The van der Waals surface area contributed by atoms with E-state index in [1.54, 1.807) is 0 Å². The zero-order valence-corrected chi connectivity index (χ0v) is 17.2. The Morgan fingerprint density at radius 3 is 1.62 bits per heavy atom. The molecule has 0 fully saturated rings. The molecule has 4 nitrogen and oxygen atoms in total. The molecule has 0 saturated heterocycles. The second kappa shape index (κ2) is 16.5. The van der Waals surface area contributed by atoms with Crippen molar-refractivity contribution in [2.24, 2.45) is 0 Å². The van der Waals surface area contributed by atoms with Crippen LogP contribution in [0.3, 0.4) is 0 Å². The molecule has 146 valence electrons. The fourth-order valence-corrected chi connectivity index (χ4v) is 3.37. The first-order valence-corrected chi connectivity index (χ1v) is 11.0. The van der Waals surface area contributed by atoms with Gasteiger partial charge in [0.05, 0.1) is 45.2 Å². The third-order valence-electron chi connectivity index (χ3n) is 4.70. The summed E-state index contributed by atoms with van der Waals surface area (Å²) >= 11 is -2.37. The highest BCUT2D eigenvalue weighted by molar-refractivity contribution is 7.74. The molecule has 0 heterocycles. The highest BCUT2D eigenvalue weighted by Gasteiger charge is 2.13. The van der Waals surface area contributed by atoms with Gasteiger partial charge in [-0.25, -0.2) is 4.21 Å². The molecule has 0 aliphatic heterocycles. The Morgan fingerprint density at radius 1 is 0.750 bits per heavy atom. The molecule has 0 N–H and O–H groups in total. The molecule has 0 aliphatic carbocycles. The Balaban J connectivity index is 3.31. The van der Waals surface area contributed by atoms with Gasteiger partial charge in [-0.2, -0.15) is 0 Å². The minimum atomic E-state index is -2.37. The van der Waals surface area contributed by atoms with E-state index in [4.69, 9.17) is 0 Å². The maximum atomic E-state index is 10.3. The molecule has 1 unspecified atom stereocenters. The first kappa shape index (κ1) is 24.0. The number of quaternary nitrogens is 1. The van der Waals surface area contributed by atoms with Gasteiger partial charge >= 0.3 is 0 Å². The van der Waals surface area contributed by atoms with Crippen LogP contribution in [0, 0.1) is 0 Å². The van der Waals surface area contributed by atoms with Crippen LogP contribution in [0.15, 0.2) is 0 Å². The lowest BCUT2D eigenvalue weighted by Gasteiger charge is -2.29. The molecule has 1 atom stereocenters. The highest BCUT2D eigenvalue weighted by Crippen LogP contribution is 2.12. The molecule has 0 aromatic rings. The van der Waals surface area contributed by atoms with Crippen molar-refractivity contribution < 1.29 is 17.4 Å². The average Bonchev–Trinajstić information content (AvgIpc) is 2.52. The van der Waals surface area contributed by atoms with E-state index in [1.807, 2.05) is 0 Å². The predicted molar refractivity (Wildman–Crippen MR) is 102 cm³/mol. The van der Waals surface area contributed by atoms with Gasteiger partial charge in [0.15, 0.2) is 0 Å². The Morgan fingerprint density at radius 2 is 1.17 bits per heavy atom. The van der Waals surface area contributed by atoms with Crippen molar-refractivity contribution in [3.05, 3.63) is 0 Å². The fraction of sp³-hybridized carbons (Fsp3) is 1.00. The summed E-state index contributed by atoms with van der Waals surface area (Å²) in [7, 11) is 4.43. The summed E-state index contributed by atoms with van der Waals surface area (Å²) in [6.07, 6.45) is 17.4. The maximum absolute atomic E-state index is 10.3. The van der Waals surface area contributed by atoms with E-state index >= 15 is 0 Å². The van der Waals surface area contributed by atoms with Crippen molar-refractivity contribution in [3.63, 3.8) is 0 Å². The molecule has 0 bridgehead atoms. The molecule has 0 saturated carbocycles. The van der Waals surface area contributed by atoms with Crippen LogP contribution in [-0.2, 0) is 15.5 Å². The molecule has 0 amide bonds. The number of nitrogens with zero attached hydrogens (tertiary/aromatic N) is 1. The Hall–Kier alpha value is 0.0300. The molecule has 0 radical (unpaired) electrons. The van der Waals surface area contributed by atoms with E-state index in [-0.39, 0.29) is 0 Å². The second-order valence-electron chi connectivity index (χ2n) is 7.65. The van der Waals surface area contributed by atoms with E-state index in [0.717, 1.165) is 24.0 Å². The fourth-order valence-electron chi connectivity index (χ4n) is 3.11. The standard InChI is InChI=1S/C19H41NO3S/c1-4-5-6-7-8-9-10-11-12-13-14-15-17-20(2,3)18-16-19-23-24(21)22/h4-19H2,1-3H3. The molecule has 24 heavy (non-hydrogen) atoms. The lowest BCUT2D eigenvalue weighted by molar-refractivity contribution is -0.890. The second-order valence-corrected chi connectivity index (χ2v) is 8.30. The van der Waals surface area contributed by atoms with E-state index in [9.17, 15) is 8.76 Å². The molecule has 0 aliphatic rings. The van der Waals surface area contributed by atoms with Crippen molar-refractivity contribution in [2.75, 3.05) is 33.8 Å². The number of hydrogen-bond acceptors (Lipinski definition) is 3. The van der Waals surface area contributed by atoms with Crippen LogP contribution in [0.2, 0.25) is 0 Å². The molecule has 0 aromatic heterocycles. The quantitative estimate of drug-likeness (QED) is 0.196. The van der Waals surface area contributed by atoms with Crippen LogP contribution in [0.1, 0.15) is 90.4 Å². The SMILES string of the molecule is CCCCCCCCCCCCCC[N+](C)(C)CCCOS(=O)[O-]. The minimum Gasteiger partial charge on any atom is -0.750 e. The number of unbranched alkanes of at least 4 members (excludes halogenated alkanes) is 11. The summed E-state index contributed by atoms with van der Waals surface area (Å²) in [6, 6.07) is 0. The van der Waals surface area contributed by atoms with E-state index in [1.165, 1.54) is 77.0 Å². The van der Waals surface area contributed by atoms with Crippen molar-refractivity contribution >= 4 is 11.4 Å². The largest absolute Gasteiger partial charge is 0.750 e. The maximum Gasteiger partial charge on any atom is 0.0842 e. The molecule has 0 aromatic carbocycles. The lowest BCUT2D eigenvalue weighted by atomic mass is 10.1. The van der Waals surface area contributed by atoms with E-state index < -0.39 is 11.4 Å². The van der Waals surface area contributed by atoms with Crippen molar-refractivity contribution in [1.29, 1.82) is 0 Å². The smallest absolute Gasteiger partial charge is 0.0842 e. The van der Waals surface area contributed by atoms with Gasteiger partial charge in [-0.05, 0) is 12.8 Å². The number of rotatable bonds is 18. The van der Waals surface area contributed by atoms with Gasteiger partial charge in [0, 0.05) is 6.42 Å². The van der Waals surface area contributed by atoms with E-state index in [0.29, 0.717) is 6.61 Å². The van der Waals surface area contributed by atoms with Gasteiger partial charge in [-0.3, -0.25) is 0 Å². The Kier molecular flexibility index (Phi) is 16.5. The molecular weight excluding hydrogens is 322 g/mol. The van der Waals surface area contributed by atoms with Crippen molar-refractivity contribution in [2.45, 2.75) is 90.4 Å². The van der Waals surface area contributed by atoms with Crippen LogP contribution in [0.4, 0.5) is 0 Å². The summed E-state index contributed by atoms with van der Waals surface area (Å²) in [5.74, 6) is 0. The van der Waals surface area contributed by atoms with Gasteiger partial charge in [0.2, 0.25) is 0 Å². The summed E-state index contributed by atoms with van der Waals surface area (Å²) in [4.78, 5) is 0.